The third kappa shape index (κ3) is 5.88. The summed E-state index contributed by atoms with van der Waals surface area (Å²) in [5.41, 5.74) is 1.07. The van der Waals surface area contributed by atoms with Crippen molar-refractivity contribution >= 4 is 5.96 Å². The number of nitrogens with one attached hydrogen (secondary N) is 2. The van der Waals surface area contributed by atoms with Gasteiger partial charge in [-0.05, 0) is 30.5 Å². The van der Waals surface area contributed by atoms with E-state index in [1.807, 2.05) is 49.6 Å². The van der Waals surface area contributed by atoms with Gasteiger partial charge in [0.1, 0.15) is 11.5 Å². The van der Waals surface area contributed by atoms with E-state index in [1.165, 1.54) is 32.1 Å². The second kappa shape index (κ2) is 9.80. The molecule has 0 atom stereocenters. The fourth-order valence-electron chi connectivity index (χ4n) is 3.18. The number of hydrogen-bond acceptors (Lipinski definition) is 4. The quantitative estimate of drug-likeness (QED) is 0.598. The number of benzene rings is 1. The van der Waals surface area contributed by atoms with Gasteiger partial charge in [0.15, 0.2) is 5.96 Å². The standard InChI is InChI=1S/C21H28N4O2/c1-22-21(25-17-7-4-3-5-8-17)24-15-16-11-12-20(23-14-16)27-19-10-6-9-18(13-19)26-2/h6,9-14,17H,3-5,7-8,15H2,1-2H3,(H2,22,24,25). The maximum absolute atomic E-state index is 5.78. The van der Waals surface area contributed by atoms with Crippen LogP contribution < -0.4 is 20.1 Å². The van der Waals surface area contributed by atoms with Gasteiger partial charge in [0.2, 0.25) is 5.88 Å². The van der Waals surface area contributed by atoms with Crippen molar-refractivity contribution in [3.8, 4) is 17.4 Å². The zero-order chi connectivity index (χ0) is 18.9. The van der Waals surface area contributed by atoms with Crippen LogP contribution in [0.2, 0.25) is 0 Å². The van der Waals surface area contributed by atoms with Crippen molar-refractivity contribution in [2.24, 2.45) is 4.99 Å². The molecule has 1 saturated carbocycles. The third-order valence-electron chi connectivity index (χ3n) is 4.69. The minimum atomic E-state index is 0.529. The Morgan fingerprint density at radius 2 is 1.96 bits per heavy atom. The summed E-state index contributed by atoms with van der Waals surface area (Å²) in [6.07, 6.45) is 8.20. The summed E-state index contributed by atoms with van der Waals surface area (Å²) in [5, 5.41) is 6.87. The molecule has 1 aliphatic carbocycles. The number of aliphatic imine (C=N–C) groups is 1. The summed E-state index contributed by atoms with van der Waals surface area (Å²) in [7, 11) is 3.44. The van der Waals surface area contributed by atoms with E-state index in [0.717, 1.165) is 17.3 Å². The second-order valence-electron chi connectivity index (χ2n) is 6.69. The van der Waals surface area contributed by atoms with Gasteiger partial charge in [-0.1, -0.05) is 31.4 Å². The number of aromatic nitrogens is 1. The highest BCUT2D eigenvalue weighted by Gasteiger charge is 2.14. The predicted octanol–water partition coefficient (Wildman–Crippen LogP) is 3.88. The summed E-state index contributed by atoms with van der Waals surface area (Å²) in [5.74, 6) is 2.85. The molecule has 1 aromatic carbocycles. The van der Waals surface area contributed by atoms with Crippen molar-refractivity contribution in [1.82, 2.24) is 15.6 Å². The van der Waals surface area contributed by atoms with E-state index in [4.69, 9.17) is 9.47 Å². The van der Waals surface area contributed by atoms with Crippen molar-refractivity contribution < 1.29 is 9.47 Å². The van der Waals surface area contributed by atoms with Crippen LogP contribution in [0.1, 0.15) is 37.7 Å². The van der Waals surface area contributed by atoms with E-state index in [2.05, 4.69) is 20.6 Å². The second-order valence-corrected chi connectivity index (χ2v) is 6.69. The zero-order valence-electron chi connectivity index (χ0n) is 16.1. The fraction of sp³-hybridized carbons (Fsp3) is 0.429. The van der Waals surface area contributed by atoms with Crippen LogP contribution in [0.4, 0.5) is 0 Å². The van der Waals surface area contributed by atoms with Gasteiger partial charge in [0, 0.05) is 38.0 Å². The Kier molecular flexibility index (Phi) is 6.90. The Morgan fingerprint density at radius 3 is 2.67 bits per heavy atom. The summed E-state index contributed by atoms with van der Waals surface area (Å²) < 4.78 is 11.0. The van der Waals surface area contributed by atoms with Gasteiger partial charge in [-0.2, -0.15) is 0 Å². The highest BCUT2D eigenvalue weighted by molar-refractivity contribution is 5.79. The summed E-state index contributed by atoms with van der Waals surface area (Å²) in [4.78, 5) is 8.71. The van der Waals surface area contributed by atoms with Crippen LogP contribution >= 0.6 is 0 Å². The molecule has 1 heterocycles. The molecule has 0 amide bonds. The molecule has 0 bridgehead atoms. The van der Waals surface area contributed by atoms with E-state index >= 15 is 0 Å². The van der Waals surface area contributed by atoms with Crippen LogP contribution in [0.15, 0.2) is 47.6 Å². The summed E-state index contributed by atoms with van der Waals surface area (Å²) >= 11 is 0. The fourth-order valence-corrected chi connectivity index (χ4v) is 3.18. The Morgan fingerprint density at radius 1 is 1.15 bits per heavy atom. The minimum Gasteiger partial charge on any atom is -0.497 e. The number of methoxy groups -OCH3 is 1. The van der Waals surface area contributed by atoms with Crippen LogP contribution in [-0.4, -0.2) is 31.1 Å². The Bertz CT molecular complexity index is 740. The van der Waals surface area contributed by atoms with E-state index in [-0.39, 0.29) is 0 Å². The molecule has 6 heteroatoms. The number of nitrogens with zero attached hydrogens (tertiary/aromatic N) is 2. The monoisotopic (exact) mass is 368 g/mol. The first kappa shape index (κ1) is 19.0. The van der Waals surface area contributed by atoms with E-state index in [0.29, 0.717) is 24.2 Å². The molecule has 3 rings (SSSR count). The Labute approximate surface area is 161 Å². The van der Waals surface area contributed by atoms with Crippen LogP contribution in [0.3, 0.4) is 0 Å². The van der Waals surface area contributed by atoms with Gasteiger partial charge in [0.25, 0.3) is 0 Å². The zero-order valence-corrected chi connectivity index (χ0v) is 16.1. The molecule has 1 fully saturated rings. The molecule has 27 heavy (non-hydrogen) atoms. The molecule has 6 nitrogen and oxygen atoms in total. The van der Waals surface area contributed by atoms with Gasteiger partial charge >= 0.3 is 0 Å². The number of ether oxygens (including phenoxy) is 2. The molecule has 144 valence electrons. The normalized spacial score (nSPS) is 15.3. The van der Waals surface area contributed by atoms with Crippen LogP contribution in [0.25, 0.3) is 0 Å². The molecule has 2 N–H and O–H groups in total. The number of rotatable bonds is 6. The van der Waals surface area contributed by atoms with Gasteiger partial charge in [-0.25, -0.2) is 4.98 Å². The van der Waals surface area contributed by atoms with Crippen LogP contribution in [0, 0.1) is 0 Å². The molecular weight excluding hydrogens is 340 g/mol. The Balaban J connectivity index is 1.50. The maximum Gasteiger partial charge on any atom is 0.219 e. The summed E-state index contributed by atoms with van der Waals surface area (Å²) in [6, 6.07) is 11.9. The first-order valence-corrected chi connectivity index (χ1v) is 9.51. The Hall–Kier alpha value is -2.76. The van der Waals surface area contributed by atoms with Crippen LogP contribution in [-0.2, 0) is 6.54 Å². The van der Waals surface area contributed by atoms with Gasteiger partial charge in [0.05, 0.1) is 7.11 Å². The lowest BCUT2D eigenvalue weighted by Gasteiger charge is -2.24. The maximum atomic E-state index is 5.78. The first-order valence-electron chi connectivity index (χ1n) is 9.51. The average molecular weight is 368 g/mol. The molecule has 0 saturated heterocycles. The van der Waals surface area contributed by atoms with Gasteiger partial charge in [-0.3, -0.25) is 4.99 Å². The lowest BCUT2D eigenvalue weighted by atomic mass is 9.96. The molecule has 0 radical (unpaired) electrons. The largest absolute Gasteiger partial charge is 0.497 e. The van der Waals surface area contributed by atoms with Gasteiger partial charge < -0.3 is 20.1 Å². The minimum absolute atomic E-state index is 0.529. The van der Waals surface area contributed by atoms with Crippen molar-refractivity contribution in [2.75, 3.05) is 14.2 Å². The van der Waals surface area contributed by atoms with E-state index < -0.39 is 0 Å². The molecule has 0 unspecified atom stereocenters. The SMILES string of the molecule is CN=C(NCc1ccc(Oc2cccc(OC)c2)nc1)NC1CCCCC1. The highest BCUT2D eigenvalue weighted by Crippen LogP contribution is 2.23. The lowest BCUT2D eigenvalue weighted by molar-refractivity contribution is 0.407. The molecule has 0 spiro atoms. The number of pyridine rings is 1. The summed E-state index contributed by atoms with van der Waals surface area (Å²) in [6.45, 7) is 0.666. The molecular formula is C21H28N4O2. The smallest absolute Gasteiger partial charge is 0.219 e. The lowest BCUT2D eigenvalue weighted by Crippen LogP contribution is -2.43. The highest BCUT2D eigenvalue weighted by atomic mass is 16.5. The third-order valence-corrected chi connectivity index (χ3v) is 4.69. The van der Waals surface area contributed by atoms with Crippen molar-refractivity contribution in [3.05, 3.63) is 48.2 Å². The molecule has 2 aromatic rings. The van der Waals surface area contributed by atoms with Crippen molar-refractivity contribution in [3.63, 3.8) is 0 Å². The molecule has 1 aliphatic rings. The number of guanidine groups is 1. The topological polar surface area (TPSA) is 67.8 Å². The first-order chi connectivity index (χ1) is 13.3. The van der Waals surface area contributed by atoms with Crippen molar-refractivity contribution in [2.45, 2.75) is 44.7 Å². The van der Waals surface area contributed by atoms with E-state index in [9.17, 15) is 0 Å². The molecule has 1 aromatic heterocycles. The number of hydrogen-bond donors (Lipinski definition) is 2. The van der Waals surface area contributed by atoms with Crippen molar-refractivity contribution in [1.29, 1.82) is 0 Å². The average Bonchev–Trinajstić information content (AvgIpc) is 2.73. The predicted molar refractivity (Wildman–Crippen MR) is 108 cm³/mol. The van der Waals surface area contributed by atoms with E-state index in [1.54, 1.807) is 7.11 Å². The van der Waals surface area contributed by atoms with Crippen LogP contribution in [0.5, 0.6) is 17.4 Å². The van der Waals surface area contributed by atoms with Gasteiger partial charge in [-0.15, -0.1) is 0 Å². The molecule has 0 aliphatic heterocycles.